The Morgan fingerprint density at radius 1 is 0.909 bits per heavy atom. The van der Waals surface area contributed by atoms with Crippen LogP contribution in [-0.4, -0.2) is 21.1 Å². The lowest BCUT2D eigenvalue weighted by Crippen LogP contribution is -2.34. The van der Waals surface area contributed by atoms with Crippen molar-refractivity contribution < 1.29 is 0 Å². The van der Waals surface area contributed by atoms with Crippen LogP contribution in [0.3, 0.4) is 0 Å². The van der Waals surface area contributed by atoms with Gasteiger partial charge in [0.2, 0.25) is 0 Å². The number of rotatable bonds is 1. The topological polar surface area (TPSA) is 0 Å². The molecule has 0 aliphatic rings. The molecule has 0 radical (unpaired) electrons. The van der Waals surface area contributed by atoms with Gasteiger partial charge in [-0.3, -0.25) is 4.48 Å². The summed E-state index contributed by atoms with van der Waals surface area (Å²) in [4.78, 5) is 0. The Hall–Kier alpha value is -0.530. The summed E-state index contributed by atoms with van der Waals surface area (Å²) >= 11 is 0. The molecule has 0 heterocycles. The van der Waals surface area contributed by atoms with Crippen LogP contribution >= 0.6 is 12.4 Å². The maximum absolute atomic E-state index is 2.16. The van der Waals surface area contributed by atoms with Crippen molar-refractivity contribution in [2.45, 2.75) is 0 Å². The molecule has 0 saturated heterocycles. The van der Waals surface area contributed by atoms with Gasteiger partial charge in [-0.1, -0.05) is 18.2 Å². The lowest BCUT2D eigenvalue weighted by atomic mass is 10.3. The molecule has 0 fully saturated rings. The van der Waals surface area contributed by atoms with Crippen LogP contribution in [-0.2, 0) is 0 Å². The minimum atomic E-state index is 0. The number of nitrogens with zero attached hydrogens (tertiary/aromatic N) is 1. The van der Waals surface area contributed by atoms with Crippen molar-refractivity contribution in [3.05, 3.63) is 30.3 Å². The number of benzene rings is 1. The van der Waals surface area contributed by atoms with Crippen LogP contribution in [0.25, 0.3) is 0 Å². The highest BCUT2D eigenvalue weighted by molar-refractivity contribution is 5.85. The number of hydrogen-bond acceptors (Lipinski definition) is 0. The molecule has 1 rings (SSSR count). The van der Waals surface area contributed by atoms with Gasteiger partial charge in [-0.2, -0.15) is 0 Å². The highest BCUT2D eigenvalue weighted by atomic mass is 35.5. The summed E-state index contributed by atoms with van der Waals surface area (Å²) in [5, 5.41) is 0. The summed E-state index contributed by atoms with van der Waals surface area (Å²) in [6, 6.07) is 10.5. The van der Waals surface area contributed by atoms with Gasteiger partial charge in [-0.25, -0.2) is 0 Å². The zero-order chi connectivity index (χ0) is 7.61. The fraction of sp³-hybridized carbons (Fsp3) is 0.333. The average Bonchev–Trinajstić information content (AvgIpc) is 1.88. The summed E-state index contributed by atoms with van der Waals surface area (Å²) in [7, 11) is 6.49. The van der Waals surface area contributed by atoms with Crippen LogP contribution < -0.4 is 4.48 Å². The average molecular weight is 173 g/mol. The van der Waals surface area contributed by atoms with Gasteiger partial charge in [0.15, 0.2) is 0 Å². The van der Waals surface area contributed by atoms with Crippen molar-refractivity contribution in [1.82, 2.24) is 4.48 Å². The quantitative estimate of drug-likeness (QED) is 0.571. The van der Waals surface area contributed by atoms with E-state index in [0.29, 0.717) is 0 Å². The second kappa shape index (κ2) is 3.74. The second-order valence-corrected chi connectivity index (χ2v) is 3.35. The van der Waals surface area contributed by atoms with E-state index < -0.39 is 0 Å². The fourth-order valence-corrected chi connectivity index (χ4v) is 0.875. The van der Waals surface area contributed by atoms with Gasteiger partial charge in [0.25, 0.3) is 0 Å². The number of quaternary nitrogens is 1. The number of hydrogen-bond donors (Lipinski definition) is 0. The maximum atomic E-state index is 2.16. The zero-order valence-corrected chi connectivity index (χ0v) is 8.06. The van der Waals surface area contributed by atoms with E-state index >= 15 is 0 Å². The molecule has 1 nitrogen and oxygen atoms in total. The minimum Gasteiger partial charge on any atom is -0.298 e. The third kappa shape index (κ3) is 2.91. The van der Waals surface area contributed by atoms with Crippen molar-refractivity contribution in [3.63, 3.8) is 0 Å². The molecule has 0 N–H and O–H groups in total. The molecule has 1 aromatic rings. The highest BCUT2D eigenvalue weighted by Crippen LogP contribution is 2.14. The minimum absolute atomic E-state index is 0. The van der Waals surface area contributed by atoms with Gasteiger partial charge in [-0.05, 0) is 12.1 Å². The van der Waals surface area contributed by atoms with Crippen LogP contribution in [0, 0.1) is 0 Å². The van der Waals surface area contributed by atoms with E-state index in [2.05, 4.69) is 45.4 Å². The Kier molecular flexibility index (Phi) is 3.56. The molecule has 0 spiro atoms. The van der Waals surface area contributed by atoms with Crippen molar-refractivity contribution in [2.75, 3.05) is 21.1 Å². The lowest BCUT2D eigenvalue weighted by molar-refractivity contribution is 0.486. The number of halogens is 1. The van der Waals surface area contributed by atoms with E-state index in [4.69, 9.17) is 0 Å². The smallest absolute Gasteiger partial charge is 0.132 e. The Labute approximate surface area is 74.6 Å². The lowest BCUT2D eigenvalue weighted by Gasteiger charge is -2.22. The molecule has 0 aromatic heterocycles. The van der Waals surface area contributed by atoms with Crippen molar-refractivity contribution >= 4 is 18.1 Å². The molecule has 0 atom stereocenters. The highest BCUT2D eigenvalue weighted by Gasteiger charge is 2.08. The Morgan fingerprint density at radius 2 is 1.36 bits per heavy atom. The normalized spacial score (nSPS) is 10.5. The summed E-state index contributed by atoms with van der Waals surface area (Å²) in [6.07, 6.45) is 0. The predicted octanol–water partition coefficient (Wildman–Crippen LogP) is 2.31. The first kappa shape index (κ1) is 10.5. The molecule has 0 aliphatic heterocycles. The monoisotopic (exact) mass is 172 g/mol. The first-order chi connectivity index (χ1) is 4.61. The fourth-order valence-electron chi connectivity index (χ4n) is 0.875. The van der Waals surface area contributed by atoms with Gasteiger partial charge in [-0.15, -0.1) is 12.4 Å². The third-order valence-corrected chi connectivity index (χ3v) is 1.53. The molecule has 62 valence electrons. The van der Waals surface area contributed by atoms with Crippen LogP contribution in [0.5, 0.6) is 0 Å². The van der Waals surface area contributed by atoms with E-state index in [-0.39, 0.29) is 12.4 Å². The van der Waals surface area contributed by atoms with E-state index in [1.54, 1.807) is 0 Å². The van der Waals surface area contributed by atoms with Gasteiger partial charge in [0, 0.05) is 0 Å². The van der Waals surface area contributed by atoms with Gasteiger partial charge in [0.05, 0.1) is 21.1 Å². The third-order valence-electron chi connectivity index (χ3n) is 1.53. The predicted molar refractivity (Wildman–Crippen MR) is 53.3 cm³/mol. The van der Waals surface area contributed by atoms with Crippen LogP contribution in [0.2, 0.25) is 0 Å². The molecule has 0 amide bonds. The van der Waals surface area contributed by atoms with Gasteiger partial charge in [0.1, 0.15) is 5.69 Å². The number of para-hydroxylation sites is 1. The molecule has 0 unspecified atom stereocenters. The second-order valence-electron chi connectivity index (χ2n) is 3.35. The van der Waals surface area contributed by atoms with E-state index in [9.17, 15) is 0 Å². The van der Waals surface area contributed by atoms with E-state index in [0.717, 1.165) is 4.48 Å². The molecule has 2 heteroatoms. The largest absolute Gasteiger partial charge is 0.298 e. The van der Waals surface area contributed by atoms with Crippen molar-refractivity contribution in [3.8, 4) is 0 Å². The molecule has 0 saturated carbocycles. The SMILES string of the molecule is C[N+](C)(C)c1ccccc1.Cl. The standard InChI is InChI=1S/C9H14N.ClH/c1-10(2,3)9-7-5-4-6-8-9;/h4-8H,1-3H3;1H/q+1;. The first-order valence-corrected chi connectivity index (χ1v) is 3.48. The summed E-state index contributed by atoms with van der Waals surface area (Å²) in [5.41, 5.74) is 1.34. The van der Waals surface area contributed by atoms with Gasteiger partial charge >= 0.3 is 0 Å². The molecular formula is C9H15ClN+. The van der Waals surface area contributed by atoms with Crippen LogP contribution in [0.15, 0.2) is 30.3 Å². The summed E-state index contributed by atoms with van der Waals surface area (Å²) < 4.78 is 0.890. The van der Waals surface area contributed by atoms with Crippen molar-refractivity contribution in [2.24, 2.45) is 0 Å². The molecular weight excluding hydrogens is 158 g/mol. The van der Waals surface area contributed by atoms with Gasteiger partial charge < -0.3 is 0 Å². The first-order valence-electron chi connectivity index (χ1n) is 3.48. The van der Waals surface area contributed by atoms with Crippen LogP contribution in [0.4, 0.5) is 5.69 Å². The van der Waals surface area contributed by atoms with Crippen LogP contribution in [0.1, 0.15) is 0 Å². The Balaban J connectivity index is 0.000001000. The molecule has 1 aromatic carbocycles. The van der Waals surface area contributed by atoms with E-state index in [1.165, 1.54) is 5.69 Å². The maximum Gasteiger partial charge on any atom is 0.132 e. The zero-order valence-electron chi connectivity index (χ0n) is 7.24. The Morgan fingerprint density at radius 3 is 1.64 bits per heavy atom. The molecule has 11 heavy (non-hydrogen) atoms. The Bertz CT molecular complexity index is 201. The van der Waals surface area contributed by atoms with E-state index in [1.807, 2.05) is 6.07 Å². The molecule has 0 aliphatic carbocycles. The summed E-state index contributed by atoms with van der Waals surface area (Å²) in [5.74, 6) is 0. The molecule has 0 bridgehead atoms. The summed E-state index contributed by atoms with van der Waals surface area (Å²) in [6.45, 7) is 0. The van der Waals surface area contributed by atoms with Crippen molar-refractivity contribution in [1.29, 1.82) is 0 Å².